The van der Waals surface area contributed by atoms with Gasteiger partial charge < -0.3 is 9.80 Å². The van der Waals surface area contributed by atoms with E-state index >= 15 is 4.39 Å². The molecule has 1 aromatic heterocycles. The van der Waals surface area contributed by atoms with E-state index in [2.05, 4.69) is 27.8 Å². The zero-order valence-electron chi connectivity index (χ0n) is 16.1. The second kappa shape index (κ2) is 7.39. The molecule has 3 atom stereocenters. The number of aliphatic imine (C=N–C) groups is 1. The molecule has 4 nitrogen and oxygen atoms in total. The predicted molar refractivity (Wildman–Crippen MR) is 113 cm³/mol. The summed E-state index contributed by atoms with van der Waals surface area (Å²) in [4.78, 5) is 14.2. The quantitative estimate of drug-likeness (QED) is 0.743. The molecule has 3 aliphatic heterocycles. The van der Waals surface area contributed by atoms with Crippen LogP contribution in [0.15, 0.2) is 47.6 Å². The van der Waals surface area contributed by atoms with E-state index < -0.39 is 0 Å². The van der Waals surface area contributed by atoms with Gasteiger partial charge in [0.25, 0.3) is 0 Å². The molecule has 0 spiro atoms. The van der Waals surface area contributed by atoms with Gasteiger partial charge in [0.1, 0.15) is 11.9 Å². The van der Waals surface area contributed by atoms with Gasteiger partial charge in [0, 0.05) is 31.1 Å². The smallest absolute Gasteiger partial charge is 0.160 e. The molecule has 2 saturated heterocycles. The average molecular weight is 397 g/mol. The van der Waals surface area contributed by atoms with Crippen LogP contribution in [0, 0.1) is 5.82 Å². The Hall–Kier alpha value is -2.08. The third kappa shape index (κ3) is 2.98. The molecule has 0 bridgehead atoms. The molecule has 0 radical (unpaired) electrons. The maximum absolute atomic E-state index is 15.1. The molecule has 6 heteroatoms. The first-order valence-corrected chi connectivity index (χ1v) is 11.2. The van der Waals surface area contributed by atoms with Crippen LogP contribution in [-0.2, 0) is 0 Å². The van der Waals surface area contributed by atoms with Gasteiger partial charge in [-0.05, 0) is 49.1 Å². The third-order valence-electron chi connectivity index (χ3n) is 6.09. The largest absolute Gasteiger partial charge is 0.369 e. The summed E-state index contributed by atoms with van der Waals surface area (Å²) in [6.45, 7) is 4.12. The van der Waals surface area contributed by atoms with Crippen molar-refractivity contribution in [1.29, 1.82) is 0 Å². The van der Waals surface area contributed by atoms with E-state index in [0.29, 0.717) is 6.04 Å². The highest BCUT2D eigenvalue weighted by Gasteiger charge is 2.45. The Balaban J connectivity index is 1.54. The minimum atomic E-state index is -0.118. The fraction of sp³-hybridized carbons (Fsp3) is 0.455. The zero-order valence-corrected chi connectivity index (χ0v) is 16.9. The summed E-state index contributed by atoms with van der Waals surface area (Å²) in [6.07, 6.45) is 5.17. The molecule has 2 aromatic rings. The van der Waals surface area contributed by atoms with Crippen LogP contribution >= 0.6 is 11.8 Å². The van der Waals surface area contributed by atoms with E-state index in [1.807, 2.05) is 42.2 Å². The monoisotopic (exact) mass is 396 g/mol. The van der Waals surface area contributed by atoms with E-state index in [0.717, 1.165) is 60.2 Å². The Kier molecular flexibility index (Phi) is 4.75. The van der Waals surface area contributed by atoms with Crippen molar-refractivity contribution in [2.24, 2.45) is 4.99 Å². The molecule has 5 rings (SSSR count). The highest BCUT2D eigenvalue weighted by atomic mass is 32.2. The predicted octanol–water partition coefficient (Wildman–Crippen LogP) is 4.80. The normalized spacial score (nSPS) is 26.6. The maximum atomic E-state index is 15.1. The number of amidine groups is 1. The second-order valence-electron chi connectivity index (χ2n) is 7.74. The van der Waals surface area contributed by atoms with Gasteiger partial charge in [-0.3, -0.25) is 9.98 Å². The summed E-state index contributed by atoms with van der Waals surface area (Å²) < 4.78 is 15.1. The summed E-state index contributed by atoms with van der Waals surface area (Å²) in [6, 6.07) is 12.1. The number of hydrogen-bond acceptors (Lipinski definition) is 5. The lowest BCUT2D eigenvalue weighted by Gasteiger charge is -2.32. The Morgan fingerprint density at radius 3 is 2.75 bits per heavy atom. The summed E-state index contributed by atoms with van der Waals surface area (Å²) in [7, 11) is 0. The standard InChI is InChI=1S/C22H25FN4S/c1-2-16-14-28-22-25-20(18-7-3-4-10-24-18)21(27(16)22)15-8-9-19(17(23)13-15)26-11-5-6-12-26/h3-4,7-10,13,16,20-21H,2,5-6,11-12,14H2,1H3/t16-,20+,21+/m0/s1. The number of aromatic nitrogens is 1. The van der Waals surface area contributed by atoms with Crippen molar-refractivity contribution in [3.63, 3.8) is 0 Å². The second-order valence-corrected chi connectivity index (χ2v) is 8.73. The van der Waals surface area contributed by atoms with Gasteiger partial charge in [0.15, 0.2) is 5.17 Å². The first kappa shape index (κ1) is 18.0. The highest BCUT2D eigenvalue weighted by molar-refractivity contribution is 8.14. The van der Waals surface area contributed by atoms with Gasteiger partial charge in [0.05, 0.1) is 17.4 Å². The van der Waals surface area contributed by atoms with Gasteiger partial charge in [-0.1, -0.05) is 30.8 Å². The van der Waals surface area contributed by atoms with Crippen LogP contribution in [-0.4, -0.2) is 39.9 Å². The number of fused-ring (bicyclic) bond motifs is 1. The van der Waals surface area contributed by atoms with Gasteiger partial charge in [-0.2, -0.15) is 0 Å². The minimum Gasteiger partial charge on any atom is -0.369 e. The fourth-order valence-electron chi connectivity index (χ4n) is 4.63. The van der Waals surface area contributed by atoms with Crippen LogP contribution in [0.4, 0.5) is 10.1 Å². The van der Waals surface area contributed by atoms with Crippen molar-refractivity contribution in [3.8, 4) is 0 Å². The lowest BCUT2D eigenvalue weighted by Crippen LogP contribution is -2.35. The lowest BCUT2D eigenvalue weighted by molar-refractivity contribution is 0.255. The Morgan fingerprint density at radius 1 is 1.18 bits per heavy atom. The Bertz CT molecular complexity index is 881. The molecule has 1 aromatic carbocycles. The molecule has 3 aliphatic rings. The number of halogens is 1. The fourth-order valence-corrected chi connectivity index (χ4v) is 5.97. The number of nitrogens with zero attached hydrogens (tertiary/aromatic N) is 4. The maximum Gasteiger partial charge on any atom is 0.160 e. The van der Waals surface area contributed by atoms with Crippen molar-refractivity contribution in [2.45, 2.75) is 44.3 Å². The van der Waals surface area contributed by atoms with E-state index in [1.165, 1.54) is 0 Å². The first-order chi connectivity index (χ1) is 13.8. The summed E-state index contributed by atoms with van der Waals surface area (Å²) in [5, 5.41) is 1.08. The van der Waals surface area contributed by atoms with Crippen molar-refractivity contribution in [3.05, 3.63) is 59.7 Å². The average Bonchev–Trinajstić information content (AvgIpc) is 3.45. The lowest BCUT2D eigenvalue weighted by atomic mass is 9.95. The number of thioether (sulfide) groups is 1. The number of hydrogen-bond donors (Lipinski definition) is 0. The number of rotatable bonds is 4. The molecule has 0 saturated carbocycles. The molecular formula is C22H25FN4S. The van der Waals surface area contributed by atoms with Gasteiger partial charge in [0.2, 0.25) is 0 Å². The van der Waals surface area contributed by atoms with Crippen LogP contribution in [0.1, 0.15) is 49.5 Å². The van der Waals surface area contributed by atoms with E-state index in [4.69, 9.17) is 4.99 Å². The summed E-state index contributed by atoms with van der Waals surface area (Å²) in [5.74, 6) is 0.933. The van der Waals surface area contributed by atoms with Crippen LogP contribution in [0.3, 0.4) is 0 Å². The Labute approximate surface area is 169 Å². The van der Waals surface area contributed by atoms with E-state index in [9.17, 15) is 0 Å². The van der Waals surface area contributed by atoms with Crippen molar-refractivity contribution >= 4 is 22.6 Å². The molecular weight excluding hydrogens is 371 g/mol. The summed E-state index contributed by atoms with van der Waals surface area (Å²) in [5.41, 5.74) is 2.68. The Morgan fingerprint density at radius 2 is 2.04 bits per heavy atom. The van der Waals surface area contributed by atoms with Gasteiger partial charge >= 0.3 is 0 Å². The highest BCUT2D eigenvalue weighted by Crippen LogP contribution is 2.48. The van der Waals surface area contributed by atoms with Crippen LogP contribution in [0.2, 0.25) is 0 Å². The van der Waals surface area contributed by atoms with Crippen molar-refractivity contribution in [1.82, 2.24) is 9.88 Å². The van der Waals surface area contributed by atoms with E-state index in [-0.39, 0.29) is 17.9 Å². The number of pyridine rings is 1. The third-order valence-corrected chi connectivity index (χ3v) is 7.22. The van der Waals surface area contributed by atoms with Gasteiger partial charge in [-0.15, -0.1) is 0 Å². The molecule has 0 amide bonds. The summed E-state index contributed by atoms with van der Waals surface area (Å²) >= 11 is 1.82. The topological polar surface area (TPSA) is 31.7 Å². The number of benzene rings is 1. The first-order valence-electron chi connectivity index (χ1n) is 10.2. The molecule has 0 N–H and O–H groups in total. The van der Waals surface area contributed by atoms with E-state index in [1.54, 1.807) is 6.07 Å². The van der Waals surface area contributed by atoms with Crippen molar-refractivity contribution in [2.75, 3.05) is 23.7 Å². The molecule has 28 heavy (non-hydrogen) atoms. The molecule has 4 heterocycles. The number of anilines is 1. The SMILES string of the molecule is CC[C@H]1CSC2=N[C@H](c3ccccn3)[C@@H](c3ccc(N4CCCC4)c(F)c3)N21. The molecule has 146 valence electrons. The van der Waals surface area contributed by atoms with Crippen LogP contribution in [0.5, 0.6) is 0 Å². The van der Waals surface area contributed by atoms with Crippen LogP contribution < -0.4 is 4.90 Å². The molecule has 0 unspecified atom stereocenters. The zero-order chi connectivity index (χ0) is 19.1. The molecule has 0 aliphatic carbocycles. The minimum absolute atomic E-state index is 0.00646. The van der Waals surface area contributed by atoms with Crippen molar-refractivity contribution < 1.29 is 4.39 Å². The van der Waals surface area contributed by atoms with Gasteiger partial charge in [-0.25, -0.2) is 4.39 Å². The molecule has 2 fully saturated rings. The van der Waals surface area contributed by atoms with Crippen LogP contribution in [0.25, 0.3) is 0 Å².